The Kier molecular flexibility index (Phi) is 5.75. The first-order chi connectivity index (χ1) is 16.1. The molecule has 1 amide bonds. The van der Waals surface area contributed by atoms with Gasteiger partial charge in [-0.25, -0.2) is 8.78 Å². The highest BCUT2D eigenvalue weighted by atomic mass is 19.1. The molecule has 6 nitrogen and oxygen atoms in total. The van der Waals surface area contributed by atoms with Crippen LogP contribution in [0, 0.1) is 11.6 Å². The molecule has 1 N–H and O–H groups in total. The van der Waals surface area contributed by atoms with Crippen molar-refractivity contribution in [3.63, 3.8) is 0 Å². The average Bonchev–Trinajstić information content (AvgIpc) is 3.54. The number of carbonyl (C=O) groups excluding carboxylic acids is 1. The SMILES string of the molecule is O=C(c1cc(-c2ccco2)[nH]n1)N1CCN(C(c2ccc(F)cc2)c2ccc(F)cc2)CC1. The first-order valence-corrected chi connectivity index (χ1v) is 10.7. The number of carbonyl (C=O) groups is 1. The van der Waals surface area contributed by atoms with Crippen molar-refractivity contribution in [1.82, 2.24) is 20.0 Å². The van der Waals surface area contributed by atoms with E-state index in [0.29, 0.717) is 43.3 Å². The van der Waals surface area contributed by atoms with Crippen LogP contribution in [-0.4, -0.2) is 52.1 Å². The maximum atomic E-state index is 13.5. The Hall–Kier alpha value is -3.78. The summed E-state index contributed by atoms with van der Waals surface area (Å²) in [4.78, 5) is 17.0. The van der Waals surface area contributed by atoms with Crippen LogP contribution >= 0.6 is 0 Å². The van der Waals surface area contributed by atoms with Crippen LogP contribution in [0.1, 0.15) is 27.7 Å². The second-order valence-corrected chi connectivity index (χ2v) is 7.98. The quantitative estimate of drug-likeness (QED) is 0.489. The molecular weight excluding hydrogens is 426 g/mol. The number of benzene rings is 2. The number of piperazine rings is 1. The van der Waals surface area contributed by atoms with Crippen LogP contribution in [0.5, 0.6) is 0 Å². The lowest BCUT2D eigenvalue weighted by atomic mass is 9.96. The number of hydrogen-bond acceptors (Lipinski definition) is 4. The van der Waals surface area contributed by atoms with Gasteiger partial charge in [0.15, 0.2) is 11.5 Å². The molecule has 0 aliphatic carbocycles. The van der Waals surface area contributed by atoms with Crippen LogP contribution in [0.4, 0.5) is 8.78 Å². The van der Waals surface area contributed by atoms with Gasteiger partial charge in [0.1, 0.15) is 17.3 Å². The highest BCUT2D eigenvalue weighted by molar-refractivity contribution is 5.93. The molecule has 1 fully saturated rings. The van der Waals surface area contributed by atoms with Crippen LogP contribution in [0.3, 0.4) is 0 Å². The van der Waals surface area contributed by atoms with Gasteiger partial charge in [0, 0.05) is 32.2 Å². The molecule has 4 aromatic rings. The molecule has 8 heteroatoms. The van der Waals surface area contributed by atoms with Crippen molar-refractivity contribution in [2.75, 3.05) is 26.2 Å². The number of H-pyrrole nitrogens is 1. The molecule has 168 valence electrons. The zero-order valence-corrected chi connectivity index (χ0v) is 17.7. The number of hydrogen-bond donors (Lipinski definition) is 1. The number of amides is 1. The fraction of sp³-hybridized carbons (Fsp3) is 0.200. The van der Waals surface area contributed by atoms with Crippen molar-refractivity contribution in [2.45, 2.75) is 6.04 Å². The molecular formula is C25H22F2N4O2. The number of nitrogens with zero attached hydrogens (tertiary/aromatic N) is 3. The number of halogens is 2. The maximum Gasteiger partial charge on any atom is 0.274 e. The first kappa shape index (κ1) is 21.1. The van der Waals surface area contributed by atoms with Crippen molar-refractivity contribution in [2.24, 2.45) is 0 Å². The van der Waals surface area contributed by atoms with Gasteiger partial charge in [0.2, 0.25) is 0 Å². The summed E-state index contributed by atoms with van der Waals surface area (Å²) in [6.07, 6.45) is 1.57. The Morgan fingerprint density at radius 3 is 2.06 bits per heavy atom. The molecule has 1 aliphatic rings. The molecule has 1 saturated heterocycles. The zero-order valence-electron chi connectivity index (χ0n) is 17.7. The highest BCUT2D eigenvalue weighted by Crippen LogP contribution is 2.30. The molecule has 3 heterocycles. The Morgan fingerprint density at radius 1 is 0.909 bits per heavy atom. The third-order valence-corrected chi connectivity index (χ3v) is 5.92. The Balaban J connectivity index is 1.32. The van der Waals surface area contributed by atoms with Gasteiger partial charge in [-0.05, 0) is 47.5 Å². The van der Waals surface area contributed by atoms with E-state index in [1.807, 2.05) is 0 Å². The summed E-state index contributed by atoms with van der Waals surface area (Å²) in [7, 11) is 0. The molecule has 2 aromatic heterocycles. The van der Waals surface area contributed by atoms with E-state index in [0.717, 1.165) is 11.1 Å². The fourth-order valence-corrected chi connectivity index (χ4v) is 4.24. The second kappa shape index (κ2) is 8.99. The number of aromatic nitrogens is 2. The van der Waals surface area contributed by atoms with Crippen LogP contribution < -0.4 is 0 Å². The van der Waals surface area contributed by atoms with Crippen molar-refractivity contribution >= 4 is 5.91 Å². The number of aromatic amines is 1. The molecule has 0 saturated carbocycles. The third-order valence-electron chi connectivity index (χ3n) is 5.92. The van der Waals surface area contributed by atoms with Crippen LogP contribution in [0.25, 0.3) is 11.5 Å². The van der Waals surface area contributed by atoms with E-state index in [1.54, 1.807) is 53.6 Å². The predicted molar refractivity (Wildman–Crippen MR) is 118 cm³/mol. The van der Waals surface area contributed by atoms with Crippen molar-refractivity contribution in [3.05, 3.63) is 101 Å². The van der Waals surface area contributed by atoms with Gasteiger partial charge >= 0.3 is 0 Å². The largest absolute Gasteiger partial charge is 0.463 e. The lowest BCUT2D eigenvalue weighted by molar-refractivity contribution is 0.0591. The molecule has 33 heavy (non-hydrogen) atoms. The monoisotopic (exact) mass is 448 g/mol. The van der Waals surface area contributed by atoms with Gasteiger partial charge in [-0.1, -0.05) is 24.3 Å². The Bertz CT molecular complexity index is 1170. The maximum absolute atomic E-state index is 13.5. The molecule has 1 aliphatic heterocycles. The Morgan fingerprint density at radius 2 is 1.52 bits per heavy atom. The minimum absolute atomic E-state index is 0.149. The summed E-state index contributed by atoms with van der Waals surface area (Å²) < 4.78 is 32.4. The average molecular weight is 448 g/mol. The standard InChI is InChI=1S/C25H22F2N4O2/c26-19-7-3-17(4-8-19)24(18-5-9-20(27)10-6-18)30-11-13-31(14-12-30)25(32)22-16-21(28-29-22)23-2-1-15-33-23/h1-10,15-16,24H,11-14H2,(H,28,29). The van der Waals surface area contributed by atoms with E-state index in [2.05, 4.69) is 15.1 Å². The normalized spacial score (nSPS) is 14.7. The first-order valence-electron chi connectivity index (χ1n) is 10.7. The fourth-order valence-electron chi connectivity index (χ4n) is 4.24. The molecule has 0 radical (unpaired) electrons. The lowest BCUT2D eigenvalue weighted by Gasteiger charge is -2.39. The van der Waals surface area contributed by atoms with Gasteiger partial charge in [-0.15, -0.1) is 0 Å². The molecule has 5 rings (SSSR count). The summed E-state index contributed by atoms with van der Waals surface area (Å²) in [5, 5.41) is 7.00. The number of furan rings is 1. The zero-order chi connectivity index (χ0) is 22.8. The van der Waals surface area contributed by atoms with E-state index in [1.165, 1.54) is 24.3 Å². The summed E-state index contributed by atoms with van der Waals surface area (Å²) in [5.74, 6) is -0.142. The minimum atomic E-state index is -0.306. The summed E-state index contributed by atoms with van der Waals surface area (Å²) in [5.41, 5.74) is 2.81. The molecule has 0 unspecified atom stereocenters. The van der Waals surface area contributed by atoms with E-state index >= 15 is 0 Å². The van der Waals surface area contributed by atoms with Gasteiger partial charge in [-0.2, -0.15) is 5.10 Å². The summed E-state index contributed by atoms with van der Waals surface area (Å²) >= 11 is 0. The summed E-state index contributed by atoms with van der Waals surface area (Å²) in [6, 6.07) is 17.8. The molecule has 2 aromatic carbocycles. The van der Waals surface area contributed by atoms with Crippen molar-refractivity contribution in [3.8, 4) is 11.5 Å². The van der Waals surface area contributed by atoms with Crippen LogP contribution in [-0.2, 0) is 0 Å². The second-order valence-electron chi connectivity index (χ2n) is 7.98. The molecule has 0 atom stereocenters. The van der Waals surface area contributed by atoms with Gasteiger partial charge in [-0.3, -0.25) is 14.8 Å². The Labute approximate surface area is 189 Å². The summed E-state index contributed by atoms with van der Waals surface area (Å²) in [6.45, 7) is 2.25. The lowest BCUT2D eigenvalue weighted by Crippen LogP contribution is -2.50. The predicted octanol–water partition coefficient (Wildman–Crippen LogP) is 4.50. The molecule has 0 spiro atoms. The van der Waals surface area contributed by atoms with Crippen molar-refractivity contribution in [1.29, 1.82) is 0 Å². The van der Waals surface area contributed by atoms with Gasteiger partial charge in [0.25, 0.3) is 5.91 Å². The van der Waals surface area contributed by atoms with Crippen LogP contribution in [0.15, 0.2) is 77.4 Å². The van der Waals surface area contributed by atoms with E-state index in [9.17, 15) is 13.6 Å². The molecule has 0 bridgehead atoms. The van der Waals surface area contributed by atoms with Crippen LogP contribution in [0.2, 0.25) is 0 Å². The highest BCUT2D eigenvalue weighted by Gasteiger charge is 2.29. The van der Waals surface area contributed by atoms with Crippen molar-refractivity contribution < 1.29 is 18.0 Å². The number of rotatable bonds is 5. The third kappa shape index (κ3) is 4.42. The van der Waals surface area contributed by atoms with Gasteiger partial charge < -0.3 is 9.32 Å². The smallest absolute Gasteiger partial charge is 0.274 e. The number of nitrogens with one attached hydrogen (secondary N) is 1. The van der Waals surface area contributed by atoms with Gasteiger partial charge in [0.05, 0.1) is 12.3 Å². The van der Waals surface area contributed by atoms with E-state index in [4.69, 9.17) is 4.42 Å². The van der Waals surface area contributed by atoms with E-state index in [-0.39, 0.29) is 23.6 Å². The topological polar surface area (TPSA) is 65.4 Å². The minimum Gasteiger partial charge on any atom is -0.463 e. The van der Waals surface area contributed by atoms with E-state index < -0.39 is 0 Å².